The zero-order valence-corrected chi connectivity index (χ0v) is 15.1. The van der Waals surface area contributed by atoms with Gasteiger partial charge in [0.2, 0.25) is 11.8 Å². The average Bonchev–Trinajstić information content (AvgIpc) is 2.94. The second kappa shape index (κ2) is 8.31. The Morgan fingerprint density at radius 1 is 1.38 bits per heavy atom. The van der Waals surface area contributed by atoms with Crippen molar-refractivity contribution in [3.05, 3.63) is 17.5 Å². The van der Waals surface area contributed by atoms with Crippen molar-refractivity contribution in [1.82, 2.24) is 30.6 Å². The summed E-state index contributed by atoms with van der Waals surface area (Å²) in [7, 11) is 0. The Morgan fingerprint density at radius 3 is 3.04 bits per heavy atom. The van der Waals surface area contributed by atoms with Gasteiger partial charge in [0.15, 0.2) is 0 Å². The van der Waals surface area contributed by atoms with Gasteiger partial charge in [0.25, 0.3) is 0 Å². The highest BCUT2D eigenvalue weighted by Gasteiger charge is 2.26. The third-order valence-electron chi connectivity index (χ3n) is 4.73. The van der Waals surface area contributed by atoms with Crippen molar-refractivity contribution in [2.24, 2.45) is 0 Å². The van der Waals surface area contributed by atoms with E-state index in [9.17, 15) is 14.4 Å². The molecule has 9 heteroatoms. The molecule has 1 aromatic rings. The van der Waals surface area contributed by atoms with Crippen LogP contribution in [0.4, 0.5) is 4.79 Å². The van der Waals surface area contributed by atoms with Gasteiger partial charge >= 0.3 is 6.03 Å². The molecule has 1 unspecified atom stereocenters. The highest BCUT2D eigenvalue weighted by molar-refractivity contribution is 5.98. The molecule has 1 aromatic heterocycles. The minimum absolute atomic E-state index is 0.142. The molecule has 4 amide bonds. The summed E-state index contributed by atoms with van der Waals surface area (Å²) in [5.41, 5.74) is 1.97. The van der Waals surface area contributed by atoms with Crippen molar-refractivity contribution in [3.8, 4) is 0 Å². The van der Waals surface area contributed by atoms with Gasteiger partial charge in [-0.1, -0.05) is 13.3 Å². The van der Waals surface area contributed by atoms with E-state index in [4.69, 9.17) is 0 Å². The van der Waals surface area contributed by atoms with Gasteiger partial charge in [0.05, 0.1) is 24.5 Å². The number of aromatic nitrogens is 2. The first-order chi connectivity index (χ1) is 12.5. The summed E-state index contributed by atoms with van der Waals surface area (Å²) in [5, 5.41) is 12.0. The molecule has 1 saturated heterocycles. The molecular weight excluding hydrogens is 336 g/mol. The maximum Gasteiger partial charge on any atom is 0.322 e. The van der Waals surface area contributed by atoms with Gasteiger partial charge < -0.3 is 10.6 Å². The number of carbonyl (C=O) groups is 3. The van der Waals surface area contributed by atoms with Gasteiger partial charge in [0, 0.05) is 19.5 Å². The van der Waals surface area contributed by atoms with Crippen LogP contribution in [0.2, 0.25) is 0 Å². The second-order valence-corrected chi connectivity index (χ2v) is 6.81. The van der Waals surface area contributed by atoms with Crippen LogP contribution >= 0.6 is 0 Å². The van der Waals surface area contributed by atoms with E-state index < -0.39 is 12.1 Å². The Bertz CT molecular complexity index is 686. The number of hydrogen-bond acceptors (Lipinski definition) is 5. The number of urea groups is 1. The van der Waals surface area contributed by atoms with Gasteiger partial charge in [-0.3, -0.25) is 24.5 Å². The fourth-order valence-electron chi connectivity index (χ4n) is 3.27. The van der Waals surface area contributed by atoms with Crippen molar-refractivity contribution in [3.63, 3.8) is 0 Å². The number of carbonyl (C=O) groups excluding carboxylic acids is 3. The van der Waals surface area contributed by atoms with E-state index in [1.54, 1.807) is 0 Å². The monoisotopic (exact) mass is 362 g/mol. The van der Waals surface area contributed by atoms with Gasteiger partial charge in [-0.15, -0.1) is 0 Å². The first kappa shape index (κ1) is 18.4. The summed E-state index contributed by atoms with van der Waals surface area (Å²) in [6.07, 6.45) is 2.81. The van der Waals surface area contributed by atoms with E-state index in [1.165, 1.54) is 12.8 Å². The van der Waals surface area contributed by atoms with Crippen molar-refractivity contribution < 1.29 is 14.4 Å². The van der Waals surface area contributed by atoms with E-state index in [0.29, 0.717) is 6.54 Å². The molecule has 1 atom stereocenters. The number of nitrogens with one attached hydrogen (secondary N) is 3. The van der Waals surface area contributed by atoms with Gasteiger partial charge in [0.1, 0.15) is 6.04 Å². The summed E-state index contributed by atoms with van der Waals surface area (Å²) >= 11 is 0. The minimum atomic E-state index is -0.705. The molecule has 0 aliphatic carbocycles. The average molecular weight is 362 g/mol. The van der Waals surface area contributed by atoms with Crippen LogP contribution < -0.4 is 16.0 Å². The van der Waals surface area contributed by atoms with Crippen LogP contribution in [-0.2, 0) is 29.2 Å². The normalized spacial score (nSPS) is 20.7. The van der Waals surface area contributed by atoms with Crippen molar-refractivity contribution >= 4 is 17.8 Å². The third-order valence-corrected chi connectivity index (χ3v) is 4.73. The van der Waals surface area contributed by atoms with Crippen LogP contribution in [0.3, 0.4) is 0 Å². The molecule has 0 saturated carbocycles. The molecule has 3 heterocycles. The predicted molar refractivity (Wildman–Crippen MR) is 94.0 cm³/mol. The van der Waals surface area contributed by atoms with Crippen LogP contribution in [0.15, 0.2) is 6.07 Å². The standard InChI is InChI=1S/C17H26N6O3/c1-2-3-6-22-7-8-23-13(11-22)9-12(21-23)10-18-16(25)14-4-5-15(24)20-17(26)19-14/h9,14H,2-8,10-11H2,1H3,(H,18,25)(H2,19,20,24,26). The highest BCUT2D eigenvalue weighted by Crippen LogP contribution is 2.14. The molecule has 0 spiro atoms. The molecule has 2 aliphatic rings. The van der Waals surface area contributed by atoms with Crippen LogP contribution in [0.1, 0.15) is 44.0 Å². The molecule has 3 rings (SSSR count). The maximum atomic E-state index is 12.3. The molecule has 26 heavy (non-hydrogen) atoms. The van der Waals surface area contributed by atoms with Crippen LogP contribution in [0.25, 0.3) is 0 Å². The Labute approximate surface area is 152 Å². The van der Waals surface area contributed by atoms with Crippen molar-refractivity contribution in [2.75, 3.05) is 13.1 Å². The van der Waals surface area contributed by atoms with Gasteiger partial charge in [-0.25, -0.2) is 4.79 Å². The Kier molecular flexibility index (Phi) is 5.87. The summed E-state index contributed by atoms with van der Waals surface area (Å²) in [5.74, 6) is -0.669. The summed E-state index contributed by atoms with van der Waals surface area (Å²) in [6.45, 7) is 6.34. The minimum Gasteiger partial charge on any atom is -0.349 e. The Hall–Kier alpha value is -2.42. The largest absolute Gasteiger partial charge is 0.349 e. The first-order valence-electron chi connectivity index (χ1n) is 9.21. The fourth-order valence-corrected chi connectivity index (χ4v) is 3.27. The lowest BCUT2D eigenvalue weighted by Crippen LogP contribution is -2.48. The van der Waals surface area contributed by atoms with E-state index in [0.717, 1.165) is 37.6 Å². The topological polar surface area (TPSA) is 108 Å². The molecule has 0 radical (unpaired) electrons. The molecule has 2 aliphatic heterocycles. The molecule has 142 valence electrons. The highest BCUT2D eigenvalue weighted by atomic mass is 16.2. The van der Waals surface area contributed by atoms with E-state index in [2.05, 4.69) is 32.9 Å². The van der Waals surface area contributed by atoms with E-state index in [-0.39, 0.29) is 24.7 Å². The van der Waals surface area contributed by atoms with Crippen molar-refractivity contribution in [2.45, 2.75) is 58.3 Å². The third kappa shape index (κ3) is 4.60. The number of rotatable bonds is 6. The summed E-state index contributed by atoms with van der Waals surface area (Å²) in [6, 6.07) is 0.690. The van der Waals surface area contributed by atoms with Crippen LogP contribution in [0.5, 0.6) is 0 Å². The van der Waals surface area contributed by atoms with Gasteiger partial charge in [-0.2, -0.15) is 5.10 Å². The molecule has 9 nitrogen and oxygen atoms in total. The number of amides is 4. The Morgan fingerprint density at radius 2 is 2.23 bits per heavy atom. The zero-order chi connectivity index (χ0) is 18.5. The summed E-state index contributed by atoms with van der Waals surface area (Å²) < 4.78 is 2.00. The van der Waals surface area contributed by atoms with Gasteiger partial charge in [-0.05, 0) is 25.5 Å². The smallest absolute Gasteiger partial charge is 0.322 e. The maximum absolute atomic E-state index is 12.3. The van der Waals surface area contributed by atoms with E-state index >= 15 is 0 Å². The quantitative estimate of drug-likeness (QED) is 0.665. The van der Waals surface area contributed by atoms with E-state index in [1.807, 2.05) is 10.7 Å². The lowest BCUT2D eigenvalue weighted by Gasteiger charge is -2.27. The molecule has 3 N–H and O–H groups in total. The van der Waals surface area contributed by atoms with Crippen LogP contribution in [-0.4, -0.2) is 51.7 Å². The first-order valence-corrected chi connectivity index (χ1v) is 9.21. The molecule has 0 bridgehead atoms. The van der Waals surface area contributed by atoms with Crippen molar-refractivity contribution in [1.29, 1.82) is 0 Å². The number of fused-ring (bicyclic) bond motifs is 1. The predicted octanol–water partition coefficient (Wildman–Crippen LogP) is 0.103. The zero-order valence-electron chi connectivity index (χ0n) is 15.1. The number of imide groups is 1. The number of hydrogen-bond donors (Lipinski definition) is 3. The Balaban J connectivity index is 1.52. The fraction of sp³-hybridized carbons (Fsp3) is 0.647. The lowest BCUT2D eigenvalue weighted by atomic mass is 10.1. The number of nitrogens with zero attached hydrogens (tertiary/aromatic N) is 3. The molecule has 0 aromatic carbocycles. The summed E-state index contributed by atoms with van der Waals surface area (Å²) in [4.78, 5) is 37.5. The number of unbranched alkanes of at least 4 members (excludes halogenated alkanes) is 1. The SMILES string of the molecule is CCCCN1CCn2nc(CNC(=O)C3CCC(=O)NC(=O)N3)cc2C1. The second-order valence-electron chi connectivity index (χ2n) is 6.81. The lowest BCUT2D eigenvalue weighted by molar-refractivity contribution is -0.123. The van der Waals surface area contributed by atoms with Crippen LogP contribution in [0, 0.1) is 0 Å². The molecule has 1 fully saturated rings. The molecular formula is C17H26N6O3.